The molecule has 1 rings (SSSR count). The van der Waals surface area contributed by atoms with Crippen molar-refractivity contribution in [2.75, 3.05) is 6.61 Å². The molecule has 0 aliphatic carbocycles. The van der Waals surface area contributed by atoms with Gasteiger partial charge in [0.2, 0.25) is 17.7 Å². The molecule has 0 aromatic rings. The van der Waals surface area contributed by atoms with Crippen molar-refractivity contribution in [1.29, 1.82) is 0 Å². The molecular weight excluding hydrogens is 278 g/mol. The molecule has 1 aliphatic rings. The number of rotatable bonds is 7. The van der Waals surface area contributed by atoms with Gasteiger partial charge in [-0.25, -0.2) is 0 Å². The lowest BCUT2D eigenvalue weighted by atomic mass is 9.97. The number of primary amides is 1. The van der Waals surface area contributed by atoms with E-state index in [-0.39, 0.29) is 25.4 Å². The number of ether oxygens (including phenoxy) is 1. The summed E-state index contributed by atoms with van der Waals surface area (Å²) in [6, 6.07) is -1.64. The van der Waals surface area contributed by atoms with Crippen LogP contribution in [0.1, 0.15) is 33.1 Å². The van der Waals surface area contributed by atoms with Crippen LogP contribution >= 0.6 is 0 Å². The highest BCUT2D eigenvalue weighted by Crippen LogP contribution is 2.12. The Morgan fingerprint density at radius 3 is 2.62 bits per heavy atom. The fraction of sp³-hybridized carbons (Fsp3) is 0.692. The van der Waals surface area contributed by atoms with E-state index in [0.29, 0.717) is 6.42 Å². The first-order valence-corrected chi connectivity index (χ1v) is 6.89. The molecule has 118 valence electrons. The smallest absolute Gasteiger partial charge is 0.306 e. The zero-order chi connectivity index (χ0) is 16.0. The quantitative estimate of drug-likeness (QED) is 0.510. The van der Waals surface area contributed by atoms with Gasteiger partial charge in [-0.2, -0.15) is 0 Å². The van der Waals surface area contributed by atoms with Gasteiger partial charge in [-0.05, 0) is 19.3 Å². The average molecular weight is 299 g/mol. The number of nitrogens with two attached hydrogens (primary N) is 1. The third-order valence-corrected chi connectivity index (χ3v) is 3.28. The van der Waals surface area contributed by atoms with E-state index < -0.39 is 35.8 Å². The predicted molar refractivity (Wildman–Crippen MR) is 72.7 cm³/mol. The lowest BCUT2D eigenvalue weighted by molar-refractivity contribution is -0.145. The Morgan fingerprint density at radius 1 is 1.48 bits per heavy atom. The molecule has 1 heterocycles. The molecule has 0 bridgehead atoms. The topological polar surface area (TPSA) is 128 Å². The zero-order valence-electron chi connectivity index (χ0n) is 12.2. The van der Waals surface area contributed by atoms with Crippen molar-refractivity contribution in [2.24, 2.45) is 11.7 Å². The summed E-state index contributed by atoms with van der Waals surface area (Å²) >= 11 is 0. The maximum absolute atomic E-state index is 12.0. The van der Waals surface area contributed by atoms with Crippen LogP contribution in [0, 0.1) is 5.92 Å². The molecule has 1 saturated heterocycles. The Kier molecular flexibility index (Phi) is 6.13. The molecule has 0 radical (unpaired) electrons. The second-order valence-electron chi connectivity index (χ2n) is 5.03. The standard InChI is InChI=1S/C13H21N3O5/c1-3-21-10(18)6-7(2)11(12(14)19)16-13(20)8-4-5-9(17)15-8/h7-8,11H,3-6H2,1-2H3,(H2,14,19)(H,15,17)(H,16,20)/t7-,8-,11+/m1/s1. The van der Waals surface area contributed by atoms with E-state index in [1.165, 1.54) is 0 Å². The minimum Gasteiger partial charge on any atom is -0.466 e. The first-order valence-electron chi connectivity index (χ1n) is 6.89. The summed E-state index contributed by atoms with van der Waals surface area (Å²) in [6.07, 6.45) is 0.624. The minimum atomic E-state index is -0.987. The monoisotopic (exact) mass is 299 g/mol. The highest BCUT2D eigenvalue weighted by atomic mass is 16.5. The van der Waals surface area contributed by atoms with Gasteiger partial charge in [-0.15, -0.1) is 0 Å². The number of nitrogens with one attached hydrogen (secondary N) is 2. The third kappa shape index (κ3) is 5.05. The van der Waals surface area contributed by atoms with Crippen LogP contribution in [0.15, 0.2) is 0 Å². The van der Waals surface area contributed by atoms with Gasteiger partial charge in [-0.1, -0.05) is 6.92 Å². The number of carbonyl (C=O) groups excluding carboxylic acids is 4. The molecule has 3 amide bonds. The summed E-state index contributed by atoms with van der Waals surface area (Å²) in [7, 11) is 0. The van der Waals surface area contributed by atoms with Gasteiger partial charge < -0.3 is 21.1 Å². The van der Waals surface area contributed by atoms with E-state index in [9.17, 15) is 19.2 Å². The Hall–Kier alpha value is -2.12. The van der Waals surface area contributed by atoms with Crippen LogP contribution in [0.25, 0.3) is 0 Å². The predicted octanol–water partition coefficient (Wildman–Crippen LogP) is -1.18. The van der Waals surface area contributed by atoms with Crippen molar-refractivity contribution in [3.8, 4) is 0 Å². The van der Waals surface area contributed by atoms with Crippen molar-refractivity contribution < 1.29 is 23.9 Å². The number of hydrogen-bond acceptors (Lipinski definition) is 5. The van der Waals surface area contributed by atoms with Crippen LogP contribution in [0.4, 0.5) is 0 Å². The lowest BCUT2D eigenvalue weighted by Crippen LogP contribution is -2.53. The first-order chi connectivity index (χ1) is 9.85. The van der Waals surface area contributed by atoms with Gasteiger partial charge in [0, 0.05) is 6.42 Å². The van der Waals surface area contributed by atoms with E-state index in [4.69, 9.17) is 10.5 Å². The number of esters is 1. The number of amides is 3. The van der Waals surface area contributed by atoms with Gasteiger partial charge >= 0.3 is 5.97 Å². The molecular formula is C13H21N3O5. The van der Waals surface area contributed by atoms with Gasteiger partial charge in [0.1, 0.15) is 12.1 Å². The molecule has 21 heavy (non-hydrogen) atoms. The summed E-state index contributed by atoms with van der Waals surface area (Å²) < 4.78 is 4.80. The Morgan fingerprint density at radius 2 is 2.14 bits per heavy atom. The number of carbonyl (C=O) groups is 4. The van der Waals surface area contributed by atoms with E-state index in [0.717, 1.165) is 0 Å². The summed E-state index contributed by atoms with van der Waals surface area (Å²) in [5, 5.41) is 4.99. The second kappa shape index (κ2) is 7.61. The van der Waals surface area contributed by atoms with E-state index in [1.54, 1.807) is 13.8 Å². The van der Waals surface area contributed by atoms with Crippen molar-refractivity contribution in [1.82, 2.24) is 10.6 Å². The molecule has 0 saturated carbocycles. The number of hydrogen-bond donors (Lipinski definition) is 3. The Bertz CT molecular complexity index is 438. The summed E-state index contributed by atoms with van der Waals surface area (Å²) in [5.41, 5.74) is 5.27. The molecule has 0 aromatic carbocycles. The fourth-order valence-electron chi connectivity index (χ4n) is 2.16. The van der Waals surface area contributed by atoms with Gasteiger partial charge in [-0.3, -0.25) is 19.2 Å². The Balaban J connectivity index is 2.60. The molecule has 1 aliphatic heterocycles. The van der Waals surface area contributed by atoms with Crippen molar-refractivity contribution in [3.05, 3.63) is 0 Å². The highest BCUT2D eigenvalue weighted by Gasteiger charge is 2.32. The van der Waals surface area contributed by atoms with Gasteiger partial charge in [0.05, 0.1) is 13.0 Å². The molecule has 8 nitrogen and oxygen atoms in total. The lowest BCUT2D eigenvalue weighted by Gasteiger charge is -2.23. The molecule has 0 aromatic heterocycles. The van der Waals surface area contributed by atoms with Crippen LogP contribution in [0.5, 0.6) is 0 Å². The van der Waals surface area contributed by atoms with Crippen LogP contribution < -0.4 is 16.4 Å². The first kappa shape index (κ1) is 16.9. The van der Waals surface area contributed by atoms with Gasteiger partial charge in [0.25, 0.3) is 0 Å². The normalized spacial score (nSPS) is 20.3. The molecule has 4 N–H and O–H groups in total. The second-order valence-corrected chi connectivity index (χ2v) is 5.03. The van der Waals surface area contributed by atoms with Crippen LogP contribution in [0.2, 0.25) is 0 Å². The third-order valence-electron chi connectivity index (χ3n) is 3.28. The fourth-order valence-corrected chi connectivity index (χ4v) is 2.16. The maximum Gasteiger partial charge on any atom is 0.306 e. The zero-order valence-corrected chi connectivity index (χ0v) is 12.2. The highest BCUT2D eigenvalue weighted by molar-refractivity contribution is 5.93. The van der Waals surface area contributed by atoms with Crippen molar-refractivity contribution >= 4 is 23.7 Å². The molecule has 0 unspecified atom stereocenters. The van der Waals surface area contributed by atoms with E-state index in [1.807, 2.05) is 0 Å². The Labute approximate surface area is 122 Å². The van der Waals surface area contributed by atoms with Crippen LogP contribution in [-0.4, -0.2) is 42.4 Å². The summed E-state index contributed by atoms with van der Waals surface area (Å²) in [4.78, 5) is 45.9. The van der Waals surface area contributed by atoms with Crippen molar-refractivity contribution in [3.63, 3.8) is 0 Å². The largest absolute Gasteiger partial charge is 0.466 e. The molecule has 0 spiro atoms. The SMILES string of the molecule is CCOC(=O)C[C@@H](C)[C@H](NC(=O)[C@H]1CCC(=O)N1)C(N)=O. The van der Waals surface area contributed by atoms with Crippen LogP contribution in [0.3, 0.4) is 0 Å². The maximum atomic E-state index is 12.0. The van der Waals surface area contributed by atoms with Gasteiger partial charge in [0.15, 0.2) is 0 Å². The molecule has 3 atom stereocenters. The average Bonchev–Trinajstić information content (AvgIpc) is 2.82. The van der Waals surface area contributed by atoms with E-state index in [2.05, 4.69) is 10.6 Å². The summed E-state index contributed by atoms with van der Waals surface area (Å²) in [6.45, 7) is 3.55. The summed E-state index contributed by atoms with van der Waals surface area (Å²) in [5.74, 6) is -2.36. The molecule has 8 heteroatoms. The van der Waals surface area contributed by atoms with Crippen LogP contribution in [-0.2, 0) is 23.9 Å². The minimum absolute atomic E-state index is 0.0290. The van der Waals surface area contributed by atoms with Crippen molar-refractivity contribution in [2.45, 2.75) is 45.2 Å². The molecule has 1 fully saturated rings. The van der Waals surface area contributed by atoms with E-state index >= 15 is 0 Å².